The van der Waals surface area contributed by atoms with Crippen molar-refractivity contribution in [2.24, 2.45) is 5.92 Å². The number of hydrogen-bond donors (Lipinski definition) is 2. The van der Waals surface area contributed by atoms with Crippen molar-refractivity contribution < 1.29 is 23.1 Å². The maximum absolute atomic E-state index is 12.3. The van der Waals surface area contributed by atoms with E-state index in [-0.39, 0.29) is 23.1 Å². The van der Waals surface area contributed by atoms with Crippen LogP contribution in [-0.2, 0) is 4.79 Å². The number of carbonyl (C=O) groups excluding carboxylic acids is 2. The third-order valence-electron chi connectivity index (χ3n) is 3.66. The second-order valence-corrected chi connectivity index (χ2v) is 5.70. The summed E-state index contributed by atoms with van der Waals surface area (Å²) in [7, 11) is 0. The van der Waals surface area contributed by atoms with Gasteiger partial charge in [-0.15, -0.1) is 0 Å². The van der Waals surface area contributed by atoms with E-state index in [2.05, 4.69) is 15.4 Å². The molecule has 25 heavy (non-hydrogen) atoms. The first kappa shape index (κ1) is 16.9. The minimum Gasteiger partial charge on any atom is -0.435 e. The predicted molar refractivity (Wildman–Crippen MR) is 88.8 cm³/mol. The van der Waals surface area contributed by atoms with Crippen LogP contribution in [0.3, 0.4) is 0 Å². The molecule has 5 nitrogen and oxygen atoms in total. The Bertz CT molecular complexity index is 791. The molecular weight excluding hydrogens is 330 g/mol. The number of alkyl halides is 2. The lowest BCUT2D eigenvalue weighted by molar-refractivity contribution is -0.117. The van der Waals surface area contributed by atoms with E-state index in [0.29, 0.717) is 11.4 Å². The van der Waals surface area contributed by atoms with E-state index in [1.807, 2.05) is 0 Å². The minimum atomic E-state index is -2.95. The van der Waals surface area contributed by atoms with Gasteiger partial charge in [-0.05, 0) is 49.2 Å². The molecule has 0 aliphatic heterocycles. The second-order valence-electron chi connectivity index (χ2n) is 5.70. The van der Waals surface area contributed by atoms with Crippen LogP contribution in [-0.4, -0.2) is 18.4 Å². The molecule has 0 unspecified atom stereocenters. The van der Waals surface area contributed by atoms with Crippen molar-refractivity contribution in [1.29, 1.82) is 0 Å². The molecule has 7 heteroatoms. The molecule has 130 valence electrons. The number of halogens is 2. The summed E-state index contributed by atoms with van der Waals surface area (Å²) in [5.41, 5.74) is 1.26. The van der Waals surface area contributed by atoms with Crippen LogP contribution in [0.1, 0.15) is 23.2 Å². The number of carbonyl (C=O) groups is 2. The first-order valence-electron chi connectivity index (χ1n) is 7.78. The van der Waals surface area contributed by atoms with E-state index in [9.17, 15) is 18.4 Å². The zero-order valence-corrected chi connectivity index (χ0v) is 13.2. The van der Waals surface area contributed by atoms with E-state index in [1.165, 1.54) is 24.3 Å². The van der Waals surface area contributed by atoms with Crippen molar-refractivity contribution in [3.8, 4) is 5.75 Å². The topological polar surface area (TPSA) is 67.4 Å². The molecule has 2 N–H and O–H groups in total. The fourth-order valence-electron chi connectivity index (χ4n) is 2.28. The summed E-state index contributed by atoms with van der Waals surface area (Å²) in [5, 5.41) is 5.46. The van der Waals surface area contributed by atoms with Crippen molar-refractivity contribution in [2.75, 3.05) is 10.6 Å². The molecule has 0 spiro atoms. The summed E-state index contributed by atoms with van der Waals surface area (Å²) >= 11 is 0. The lowest BCUT2D eigenvalue weighted by Crippen LogP contribution is -2.15. The fourth-order valence-corrected chi connectivity index (χ4v) is 2.28. The van der Waals surface area contributed by atoms with Crippen LogP contribution >= 0.6 is 0 Å². The molecule has 0 heterocycles. The van der Waals surface area contributed by atoms with Crippen LogP contribution in [0.4, 0.5) is 20.2 Å². The van der Waals surface area contributed by atoms with Gasteiger partial charge in [0.15, 0.2) is 0 Å². The third kappa shape index (κ3) is 4.76. The van der Waals surface area contributed by atoms with Gasteiger partial charge in [0.1, 0.15) is 5.75 Å². The van der Waals surface area contributed by atoms with Crippen molar-refractivity contribution in [3.05, 3.63) is 54.1 Å². The van der Waals surface area contributed by atoms with E-state index in [1.54, 1.807) is 24.3 Å². The van der Waals surface area contributed by atoms with Crippen LogP contribution in [0.15, 0.2) is 48.5 Å². The van der Waals surface area contributed by atoms with Gasteiger partial charge in [0.25, 0.3) is 5.91 Å². The highest BCUT2D eigenvalue weighted by Crippen LogP contribution is 2.30. The average molecular weight is 346 g/mol. The van der Waals surface area contributed by atoms with Gasteiger partial charge in [-0.25, -0.2) is 0 Å². The van der Waals surface area contributed by atoms with Gasteiger partial charge in [0, 0.05) is 22.9 Å². The number of ether oxygens (including phenoxy) is 1. The monoisotopic (exact) mass is 346 g/mol. The Morgan fingerprint density at radius 1 is 1.00 bits per heavy atom. The molecule has 2 amide bonds. The van der Waals surface area contributed by atoms with Crippen molar-refractivity contribution in [1.82, 2.24) is 0 Å². The number of rotatable bonds is 6. The second kappa shape index (κ2) is 7.29. The molecule has 3 rings (SSSR count). The highest BCUT2D eigenvalue weighted by atomic mass is 19.3. The zero-order chi connectivity index (χ0) is 17.8. The normalized spacial score (nSPS) is 13.4. The minimum absolute atomic E-state index is 0.0275. The molecular formula is C18H16F2N2O3. The van der Waals surface area contributed by atoms with Gasteiger partial charge in [0.05, 0.1) is 0 Å². The lowest BCUT2D eigenvalue weighted by Gasteiger charge is -2.10. The fraction of sp³-hybridized carbons (Fsp3) is 0.222. The van der Waals surface area contributed by atoms with Gasteiger partial charge < -0.3 is 15.4 Å². The SMILES string of the molecule is O=C(Nc1cccc(NC(=O)C2CC2)c1)c1cccc(OC(F)F)c1. The number of hydrogen-bond acceptors (Lipinski definition) is 3. The van der Waals surface area contributed by atoms with Gasteiger partial charge in [-0.3, -0.25) is 9.59 Å². The Morgan fingerprint density at radius 2 is 1.68 bits per heavy atom. The Labute approximate surface area is 143 Å². The van der Waals surface area contributed by atoms with Crippen LogP contribution < -0.4 is 15.4 Å². The standard InChI is InChI=1S/C18H16F2N2O3/c19-18(20)25-15-6-1-3-12(9-15)17(24)22-14-5-2-4-13(10-14)21-16(23)11-7-8-11/h1-6,9-11,18H,7-8H2,(H,21,23)(H,22,24). The van der Waals surface area contributed by atoms with E-state index < -0.39 is 12.5 Å². The number of nitrogens with one attached hydrogen (secondary N) is 2. The molecule has 1 aliphatic carbocycles. The van der Waals surface area contributed by atoms with Crippen molar-refractivity contribution in [2.45, 2.75) is 19.5 Å². The van der Waals surface area contributed by atoms with Crippen molar-refractivity contribution in [3.63, 3.8) is 0 Å². The van der Waals surface area contributed by atoms with Crippen molar-refractivity contribution >= 4 is 23.2 Å². The summed E-state index contributed by atoms with van der Waals surface area (Å²) in [6.07, 6.45) is 1.80. The zero-order valence-electron chi connectivity index (χ0n) is 13.2. The predicted octanol–water partition coefficient (Wildman–Crippen LogP) is 3.89. The van der Waals surface area contributed by atoms with Crippen LogP contribution in [0.2, 0.25) is 0 Å². The molecule has 1 aliphatic rings. The summed E-state index contributed by atoms with van der Waals surface area (Å²) < 4.78 is 28.8. The average Bonchev–Trinajstić information content (AvgIpc) is 3.40. The quantitative estimate of drug-likeness (QED) is 0.834. The summed E-state index contributed by atoms with van der Waals surface area (Å²) in [5.74, 6) is -0.505. The Kier molecular flexibility index (Phi) is 4.92. The lowest BCUT2D eigenvalue weighted by atomic mass is 10.2. The Hall–Kier alpha value is -2.96. The van der Waals surface area contributed by atoms with E-state index in [0.717, 1.165) is 12.8 Å². The Morgan fingerprint density at radius 3 is 2.36 bits per heavy atom. The highest BCUT2D eigenvalue weighted by molar-refractivity contribution is 6.05. The smallest absolute Gasteiger partial charge is 0.387 e. The van der Waals surface area contributed by atoms with Gasteiger partial charge >= 0.3 is 6.61 Å². The van der Waals surface area contributed by atoms with Crippen LogP contribution in [0.25, 0.3) is 0 Å². The summed E-state index contributed by atoms with van der Waals surface area (Å²) in [6, 6.07) is 12.3. The van der Waals surface area contributed by atoms with Gasteiger partial charge in [-0.2, -0.15) is 8.78 Å². The van der Waals surface area contributed by atoms with Crippen LogP contribution in [0, 0.1) is 5.92 Å². The van der Waals surface area contributed by atoms with E-state index >= 15 is 0 Å². The molecule has 0 bridgehead atoms. The Balaban J connectivity index is 1.67. The number of amides is 2. The maximum Gasteiger partial charge on any atom is 0.387 e. The maximum atomic E-state index is 12.3. The number of benzene rings is 2. The largest absolute Gasteiger partial charge is 0.435 e. The number of anilines is 2. The van der Waals surface area contributed by atoms with Crippen LogP contribution in [0.5, 0.6) is 5.75 Å². The summed E-state index contributed by atoms with van der Waals surface area (Å²) in [6.45, 7) is -2.95. The van der Waals surface area contributed by atoms with E-state index in [4.69, 9.17) is 0 Å². The third-order valence-corrected chi connectivity index (χ3v) is 3.66. The summed E-state index contributed by atoms with van der Waals surface area (Å²) in [4.78, 5) is 24.0. The molecule has 1 fully saturated rings. The molecule has 0 radical (unpaired) electrons. The molecule has 0 aromatic heterocycles. The van der Waals surface area contributed by atoms with Gasteiger partial charge in [-0.1, -0.05) is 12.1 Å². The van der Waals surface area contributed by atoms with Gasteiger partial charge in [0.2, 0.25) is 5.91 Å². The molecule has 2 aromatic rings. The molecule has 1 saturated carbocycles. The molecule has 0 atom stereocenters. The highest BCUT2D eigenvalue weighted by Gasteiger charge is 2.29. The first-order valence-corrected chi connectivity index (χ1v) is 7.78. The first-order chi connectivity index (χ1) is 12.0. The molecule has 2 aromatic carbocycles. The molecule has 0 saturated heterocycles.